The summed E-state index contributed by atoms with van der Waals surface area (Å²) < 4.78 is 5.42. The maximum absolute atomic E-state index is 11.1. The number of hydrogen-bond donors (Lipinski definition) is 1. The molecule has 6 unspecified atom stereocenters. The molecule has 0 radical (unpaired) electrons. The minimum absolute atomic E-state index is 0.0447. The van der Waals surface area contributed by atoms with Crippen molar-refractivity contribution < 1.29 is 9.84 Å². The molecule has 1 N–H and O–H groups in total. The average Bonchev–Trinajstić information content (AvgIpc) is 3.38. The molecule has 140 valence electrons. The third kappa shape index (κ3) is 2.94. The van der Waals surface area contributed by atoms with Gasteiger partial charge in [0.1, 0.15) is 0 Å². The van der Waals surface area contributed by atoms with Gasteiger partial charge in [0.15, 0.2) is 0 Å². The molecule has 0 spiro atoms. The second kappa shape index (κ2) is 6.23. The Morgan fingerprint density at radius 3 is 2.72 bits per heavy atom. The molecule has 4 aliphatic rings. The lowest BCUT2D eigenvalue weighted by atomic mass is 9.45. The minimum Gasteiger partial charge on any atom is -0.392 e. The molecule has 0 aromatic carbocycles. The molecule has 6 atom stereocenters. The van der Waals surface area contributed by atoms with E-state index in [2.05, 4.69) is 39.8 Å². The Morgan fingerprint density at radius 2 is 2.04 bits per heavy atom. The standard InChI is InChI=1S/C23H36O2/c1-15(2)16-6-8-19-17(12-16)7-9-20-22(19,3)10-5-11-23(20,4)21(24)13-18-14-25-18/h7,12,15,18-21,24H,5-6,8-11,13-14H2,1-4H3. The second-order valence-corrected chi connectivity index (χ2v) is 10.0. The zero-order valence-electron chi connectivity index (χ0n) is 16.6. The van der Waals surface area contributed by atoms with Crippen molar-refractivity contribution in [2.24, 2.45) is 28.6 Å². The first-order valence-electron chi connectivity index (χ1n) is 10.5. The molecule has 0 bridgehead atoms. The van der Waals surface area contributed by atoms with Crippen LogP contribution in [0.1, 0.15) is 72.6 Å². The van der Waals surface area contributed by atoms with E-state index in [-0.39, 0.29) is 11.5 Å². The molecule has 1 heterocycles. The fourth-order valence-corrected chi connectivity index (χ4v) is 6.51. The minimum atomic E-state index is -0.218. The summed E-state index contributed by atoms with van der Waals surface area (Å²) in [6, 6.07) is 0. The predicted molar refractivity (Wildman–Crippen MR) is 102 cm³/mol. The van der Waals surface area contributed by atoms with Crippen LogP contribution in [0.2, 0.25) is 0 Å². The summed E-state index contributed by atoms with van der Waals surface area (Å²) in [6.45, 7) is 10.4. The molecule has 0 aromatic heterocycles. The van der Waals surface area contributed by atoms with E-state index >= 15 is 0 Å². The number of ether oxygens (including phenoxy) is 1. The SMILES string of the molecule is CC(C)C1=CC2=CCC3C(C)(C(O)CC4CO4)CCCC3(C)C2CC1. The van der Waals surface area contributed by atoms with Gasteiger partial charge in [0.2, 0.25) is 0 Å². The normalized spacial score (nSPS) is 44.5. The summed E-state index contributed by atoms with van der Waals surface area (Å²) in [5.41, 5.74) is 3.64. The van der Waals surface area contributed by atoms with Crippen molar-refractivity contribution >= 4 is 0 Å². The Morgan fingerprint density at radius 1 is 1.28 bits per heavy atom. The summed E-state index contributed by atoms with van der Waals surface area (Å²) in [6.07, 6.45) is 13.5. The predicted octanol–water partition coefficient (Wildman–Crippen LogP) is 5.27. The lowest BCUT2D eigenvalue weighted by Gasteiger charge is -2.59. The van der Waals surface area contributed by atoms with E-state index < -0.39 is 0 Å². The Kier molecular flexibility index (Phi) is 4.44. The molecular formula is C23H36O2. The number of hydrogen-bond acceptors (Lipinski definition) is 2. The molecule has 3 aliphatic carbocycles. The first kappa shape index (κ1) is 17.8. The molecule has 1 aliphatic heterocycles. The summed E-state index contributed by atoms with van der Waals surface area (Å²) in [4.78, 5) is 0. The molecule has 1 saturated heterocycles. The van der Waals surface area contributed by atoms with Gasteiger partial charge in [-0.3, -0.25) is 0 Å². The molecule has 2 heteroatoms. The molecule has 2 fully saturated rings. The first-order valence-corrected chi connectivity index (χ1v) is 10.5. The Balaban J connectivity index is 1.64. The van der Waals surface area contributed by atoms with E-state index in [9.17, 15) is 5.11 Å². The van der Waals surface area contributed by atoms with Crippen LogP contribution in [0.5, 0.6) is 0 Å². The summed E-state index contributed by atoms with van der Waals surface area (Å²) in [5.74, 6) is 1.97. The zero-order valence-corrected chi connectivity index (χ0v) is 16.6. The van der Waals surface area contributed by atoms with E-state index in [1.165, 1.54) is 32.1 Å². The van der Waals surface area contributed by atoms with Crippen LogP contribution >= 0.6 is 0 Å². The average molecular weight is 345 g/mol. The highest BCUT2D eigenvalue weighted by atomic mass is 16.6. The summed E-state index contributed by atoms with van der Waals surface area (Å²) in [5, 5.41) is 11.1. The van der Waals surface area contributed by atoms with Crippen LogP contribution in [0, 0.1) is 28.6 Å². The smallest absolute Gasteiger partial charge is 0.0834 e. The molecule has 0 aromatic rings. The van der Waals surface area contributed by atoms with Gasteiger partial charge in [-0.2, -0.15) is 0 Å². The Hall–Kier alpha value is -0.600. The molecule has 1 saturated carbocycles. The molecule has 25 heavy (non-hydrogen) atoms. The van der Waals surface area contributed by atoms with Gasteiger partial charge in [-0.1, -0.05) is 51.8 Å². The summed E-state index contributed by atoms with van der Waals surface area (Å²) in [7, 11) is 0. The highest BCUT2D eigenvalue weighted by molar-refractivity contribution is 5.35. The van der Waals surface area contributed by atoms with Crippen LogP contribution in [0.15, 0.2) is 23.3 Å². The fraction of sp³-hybridized carbons (Fsp3) is 0.826. The van der Waals surface area contributed by atoms with Crippen molar-refractivity contribution in [3.63, 3.8) is 0 Å². The van der Waals surface area contributed by atoms with Crippen molar-refractivity contribution in [1.29, 1.82) is 0 Å². The third-order valence-corrected chi connectivity index (χ3v) is 8.28. The zero-order chi connectivity index (χ0) is 17.8. The van der Waals surface area contributed by atoms with E-state index in [4.69, 9.17) is 4.74 Å². The quantitative estimate of drug-likeness (QED) is 0.705. The van der Waals surface area contributed by atoms with Crippen LogP contribution in [-0.4, -0.2) is 23.9 Å². The van der Waals surface area contributed by atoms with Gasteiger partial charge in [0, 0.05) is 6.42 Å². The number of rotatable bonds is 4. The van der Waals surface area contributed by atoms with Crippen molar-refractivity contribution in [3.05, 3.63) is 23.3 Å². The van der Waals surface area contributed by atoms with Crippen LogP contribution in [0.4, 0.5) is 0 Å². The van der Waals surface area contributed by atoms with Gasteiger partial charge < -0.3 is 9.84 Å². The number of fused-ring (bicyclic) bond motifs is 3. The molecule has 0 amide bonds. The lowest BCUT2D eigenvalue weighted by Crippen LogP contribution is -2.54. The van der Waals surface area contributed by atoms with Gasteiger partial charge in [-0.25, -0.2) is 0 Å². The topological polar surface area (TPSA) is 32.8 Å². The van der Waals surface area contributed by atoms with Crippen LogP contribution < -0.4 is 0 Å². The number of allylic oxidation sites excluding steroid dienone is 4. The first-order chi connectivity index (χ1) is 11.8. The molecule has 2 nitrogen and oxygen atoms in total. The van der Waals surface area contributed by atoms with E-state index in [0.717, 1.165) is 19.4 Å². The van der Waals surface area contributed by atoms with Gasteiger partial charge in [-0.15, -0.1) is 0 Å². The highest BCUT2D eigenvalue weighted by Gasteiger charge is 2.56. The second-order valence-electron chi connectivity index (χ2n) is 10.0. The molecule has 4 rings (SSSR count). The van der Waals surface area contributed by atoms with Crippen LogP contribution in [0.3, 0.4) is 0 Å². The van der Waals surface area contributed by atoms with Gasteiger partial charge in [-0.05, 0) is 66.3 Å². The lowest BCUT2D eigenvalue weighted by molar-refractivity contribution is -0.115. The van der Waals surface area contributed by atoms with E-state index in [1.54, 1.807) is 11.1 Å². The van der Waals surface area contributed by atoms with Crippen molar-refractivity contribution in [1.82, 2.24) is 0 Å². The third-order valence-electron chi connectivity index (χ3n) is 8.28. The largest absolute Gasteiger partial charge is 0.392 e. The summed E-state index contributed by atoms with van der Waals surface area (Å²) >= 11 is 0. The monoisotopic (exact) mass is 344 g/mol. The van der Waals surface area contributed by atoms with E-state index in [0.29, 0.717) is 29.3 Å². The van der Waals surface area contributed by atoms with Crippen molar-refractivity contribution in [2.75, 3.05) is 6.61 Å². The van der Waals surface area contributed by atoms with Gasteiger partial charge in [0.05, 0.1) is 18.8 Å². The highest BCUT2D eigenvalue weighted by Crippen LogP contribution is 2.63. The van der Waals surface area contributed by atoms with Gasteiger partial charge >= 0.3 is 0 Å². The molecular weight excluding hydrogens is 308 g/mol. The number of aliphatic hydroxyl groups is 1. The maximum Gasteiger partial charge on any atom is 0.0834 e. The van der Waals surface area contributed by atoms with Crippen LogP contribution in [0.25, 0.3) is 0 Å². The van der Waals surface area contributed by atoms with Crippen LogP contribution in [-0.2, 0) is 4.74 Å². The van der Waals surface area contributed by atoms with E-state index in [1.807, 2.05) is 0 Å². The Bertz CT molecular complexity index is 585. The van der Waals surface area contributed by atoms with Crippen molar-refractivity contribution in [2.45, 2.75) is 84.8 Å². The maximum atomic E-state index is 11.1. The fourth-order valence-electron chi connectivity index (χ4n) is 6.51. The number of epoxide rings is 1. The van der Waals surface area contributed by atoms with Gasteiger partial charge in [0.25, 0.3) is 0 Å². The Labute approximate surface area is 153 Å². The number of aliphatic hydroxyl groups excluding tert-OH is 1. The van der Waals surface area contributed by atoms with Crippen molar-refractivity contribution in [3.8, 4) is 0 Å².